The first kappa shape index (κ1) is 20.2. The van der Waals surface area contributed by atoms with E-state index in [0.29, 0.717) is 28.3 Å². The third-order valence-electron chi connectivity index (χ3n) is 4.40. The van der Waals surface area contributed by atoms with E-state index in [2.05, 4.69) is 26.6 Å². The van der Waals surface area contributed by atoms with Crippen LogP contribution in [-0.4, -0.2) is 26.9 Å². The Labute approximate surface area is 158 Å². The van der Waals surface area contributed by atoms with Crippen molar-refractivity contribution in [2.45, 2.75) is 62.8 Å². The van der Waals surface area contributed by atoms with Gasteiger partial charge < -0.3 is 10.6 Å². The maximum Gasteiger partial charge on any atom is 0.253 e. The smallest absolute Gasteiger partial charge is 0.253 e. The van der Waals surface area contributed by atoms with Crippen LogP contribution in [0.5, 0.6) is 0 Å². The highest BCUT2D eigenvalue weighted by atomic mass is 79.9. The van der Waals surface area contributed by atoms with E-state index in [1.807, 2.05) is 6.92 Å². The molecule has 0 spiro atoms. The molecule has 6 nitrogen and oxygen atoms in total. The van der Waals surface area contributed by atoms with Gasteiger partial charge in [-0.15, -0.1) is 0 Å². The quantitative estimate of drug-likeness (QED) is 0.575. The lowest BCUT2D eigenvalue weighted by molar-refractivity contribution is 0.0953. The monoisotopic (exact) mass is 431 g/mol. The molecule has 1 aliphatic carbocycles. The third kappa shape index (κ3) is 5.69. The first-order valence-electron chi connectivity index (χ1n) is 8.74. The summed E-state index contributed by atoms with van der Waals surface area (Å²) < 4.78 is 23.9. The van der Waals surface area contributed by atoms with E-state index in [9.17, 15) is 13.2 Å². The number of nitrogens with two attached hydrogens (primary N) is 1. The number of benzene rings is 1. The van der Waals surface area contributed by atoms with Crippen LogP contribution in [0.3, 0.4) is 0 Å². The number of hydrogen-bond donors (Lipinski definition) is 3. The Morgan fingerprint density at radius 3 is 2.56 bits per heavy atom. The van der Waals surface area contributed by atoms with E-state index in [1.54, 1.807) is 6.07 Å². The number of carbonyl (C=O) groups excluding carboxylic acids is 1. The van der Waals surface area contributed by atoms with E-state index in [1.165, 1.54) is 12.5 Å². The molecule has 0 aliphatic heterocycles. The minimum atomic E-state index is -3.92. The Bertz CT molecular complexity index is 716. The van der Waals surface area contributed by atoms with Gasteiger partial charge >= 0.3 is 0 Å². The number of anilines is 1. The second kappa shape index (κ2) is 9.00. The van der Waals surface area contributed by atoms with Crippen molar-refractivity contribution < 1.29 is 13.2 Å². The predicted molar refractivity (Wildman–Crippen MR) is 103 cm³/mol. The molecule has 0 aromatic heterocycles. The van der Waals surface area contributed by atoms with Crippen molar-refractivity contribution in [2.24, 2.45) is 5.14 Å². The lowest BCUT2D eigenvalue weighted by atomic mass is 9.95. The van der Waals surface area contributed by atoms with Crippen molar-refractivity contribution in [2.75, 3.05) is 11.9 Å². The van der Waals surface area contributed by atoms with E-state index in [0.717, 1.165) is 38.5 Å². The molecule has 0 unspecified atom stereocenters. The molecule has 25 heavy (non-hydrogen) atoms. The normalized spacial score (nSPS) is 15.8. The fraction of sp³-hybridized carbons (Fsp3) is 0.588. The second-order valence-electron chi connectivity index (χ2n) is 6.46. The topological polar surface area (TPSA) is 101 Å². The zero-order valence-corrected chi connectivity index (χ0v) is 16.9. The van der Waals surface area contributed by atoms with Gasteiger partial charge in [0.05, 0.1) is 10.5 Å². The summed E-state index contributed by atoms with van der Waals surface area (Å²) in [5.74, 6) is -0.288. The summed E-state index contributed by atoms with van der Waals surface area (Å²) in [7, 11) is -3.92. The van der Waals surface area contributed by atoms with Crippen LogP contribution in [0.25, 0.3) is 0 Å². The molecular formula is C17H26BrN3O3S. The Morgan fingerprint density at radius 1 is 1.28 bits per heavy atom. The number of carbonyl (C=O) groups is 1. The van der Waals surface area contributed by atoms with Crippen molar-refractivity contribution in [1.82, 2.24) is 5.32 Å². The van der Waals surface area contributed by atoms with Crippen molar-refractivity contribution in [3.63, 3.8) is 0 Å². The summed E-state index contributed by atoms with van der Waals surface area (Å²) in [6.07, 6.45) is 7.48. The highest BCUT2D eigenvalue weighted by Gasteiger charge is 2.22. The number of primary sulfonamides is 1. The zero-order valence-electron chi connectivity index (χ0n) is 14.5. The Morgan fingerprint density at radius 2 is 1.96 bits per heavy atom. The number of rotatable bonds is 7. The van der Waals surface area contributed by atoms with Crippen molar-refractivity contribution in [3.8, 4) is 0 Å². The van der Waals surface area contributed by atoms with Crippen LogP contribution in [0.1, 0.15) is 62.2 Å². The molecular weight excluding hydrogens is 406 g/mol. The molecule has 1 saturated carbocycles. The average molecular weight is 432 g/mol. The van der Waals surface area contributed by atoms with Crippen LogP contribution in [0.4, 0.5) is 5.69 Å². The van der Waals surface area contributed by atoms with Gasteiger partial charge in [-0.2, -0.15) is 0 Å². The van der Waals surface area contributed by atoms with Crippen LogP contribution in [-0.2, 0) is 10.0 Å². The van der Waals surface area contributed by atoms with Gasteiger partial charge in [-0.3, -0.25) is 4.79 Å². The summed E-state index contributed by atoms with van der Waals surface area (Å²) in [5.41, 5.74) is 0.953. The molecule has 8 heteroatoms. The fourth-order valence-corrected chi connectivity index (χ4v) is 4.65. The third-order valence-corrected chi connectivity index (χ3v) is 6.27. The van der Waals surface area contributed by atoms with E-state index in [4.69, 9.17) is 5.14 Å². The van der Waals surface area contributed by atoms with Gasteiger partial charge in [0.25, 0.3) is 5.91 Å². The summed E-state index contributed by atoms with van der Waals surface area (Å²) in [4.78, 5) is 12.5. The molecule has 1 aliphatic rings. The molecule has 2 rings (SSSR count). The second-order valence-corrected chi connectivity index (χ2v) is 8.85. The Balaban J connectivity index is 2.34. The van der Waals surface area contributed by atoms with E-state index >= 15 is 0 Å². The molecule has 0 bridgehead atoms. The highest BCUT2D eigenvalue weighted by molar-refractivity contribution is 9.10. The maximum atomic E-state index is 12.6. The largest absolute Gasteiger partial charge is 0.382 e. The zero-order chi connectivity index (χ0) is 18.4. The molecule has 1 aromatic rings. The molecule has 140 valence electrons. The Kier molecular flexibility index (Phi) is 7.27. The number of amides is 1. The van der Waals surface area contributed by atoms with Gasteiger partial charge in [-0.05, 0) is 47.3 Å². The molecule has 4 N–H and O–H groups in total. The lowest BCUT2D eigenvalue weighted by Crippen LogP contribution is -2.28. The molecule has 1 fully saturated rings. The van der Waals surface area contributed by atoms with Crippen molar-refractivity contribution >= 4 is 37.5 Å². The van der Waals surface area contributed by atoms with Gasteiger partial charge in [-0.1, -0.05) is 32.6 Å². The van der Waals surface area contributed by atoms with Gasteiger partial charge in [0.1, 0.15) is 0 Å². The number of hydrogen-bond acceptors (Lipinski definition) is 4. The van der Waals surface area contributed by atoms with Gasteiger partial charge in [0.2, 0.25) is 10.0 Å². The summed E-state index contributed by atoms with van der Waals surface area (Å²) in [5, 5.41) is 11.5. The van der Waals surface area contributed by atoms with E-state index < -0.39 is 10.0 Å². The van der Waals surface area contributed by atoms with Crippen LogP contribution in [0.2, 0.25) is 0 Å². The predicted octanol–water partition coefficient (Wildman–Crippen LogP) is 3.37. The maximum absolute atomic E-state index is 12.6. The van der Waals surface area contributed by atoms with Gasteiger partial charge in [-0.25, -0.2) is 13.6 Å². The molecule has 1 aromatic carbocycles. The molecule has 0 radical (unpaired) electrons. The van der Waals surface area contributed by atoms with Gasteiger partial charge in [0.15, 0.2) is 0 Å². The molecule has 1 amide bonds. The fourth-order valence-electron chi connectivity index (χ4n) is 3.02. The standard InChI is InChI=1S/C17H26BrN3O3S/c1-2-3-9-20-17(22)13-10-16(25(19,23)24)14(18)11-15(13)21-12-7-5-4-6-8-12/h10-12,21H,2-9H2,1H3,(H,20,22)(H2,19,23,24). The summed E-state index contributed by atoms with van der Waals surface area (Å²) in [6.45, 7) is 2.60. The minimum Gasteiger partial charge on any atom is -0.382 e. The van der Waals surface area contributed by atoms with Crippen molar-refractivity contribution in [3.05, 3.63) is 22.2 Å². The highest BCUT2D eigenvalue weighted by Crippen LogP contribution is 2.31. The van der Waals surface area contributed by atoms with Crippen molar-refractivity contribution in [1.29, 1.82) is 0 Å². The first-order valence-corrected chi connectivity index (χ1v) is 11.1. The van der Waals surface area contributed by atoms with E-state index in [-0.39, 0.29) is 10.8 Å². The minimum absolute atomic E-state index is 0.0812. The lowest BCUT2D eigenvalue weighted by Gasteiger charge is -2.25. The Hall–Kier alpha value is -1.12. The molecule has 0 saturated heterocycles. The van der Waals surface area contributed by atoms with Crippen LogP contribution in [0, 0.1) is 0 Å². The summed E-state index contributed by atoms with van der Waals surface area (Å²) >= 11 is 3.26. The number of halogens is 1. The van der Waals surface area contributed by atoms with Crippen LogP contribution in [0.15, 0.2) is 21.5 Å². The van der Waals surface area contributed by atoms with Gasteiger partial charge in [0, 0.05) is 22.7 Å². The average Bonchev–Trinajstić information content (AvgIpc) is 2.55. The SMILES string of the molecule is CCCCNC(=O)c1cc(S(N)(=O)=O)c(Br)cc1NC1CCCCC1. The molecule has 0 heterocycles. The first-order chi connectivity index (χ1) is 11.8. The van der Waals surface area contributed by atoms with Crippen LogP contribution < -0.4 is 15.8 Å². The molecule has 0 atom stereocenters. The summed E-state index contributed by atoms with van der Waals surface area (Å²) in [6, 6.07) is 3.29. The number of sulfonamides is 1. The number of nitrogens with one attached hydrogen (secondary N) is 2. The number of unbranched alkanes of at least 4 members (excludes halogenated alkanes) is 1. The van der Waals surface area contributed by atoms with Crippen LogP contribution >= 0.6 is 15.9 Å².